The molecule has 5 nitrogen and oxygen atoms in total. The summed E-state index contributed by atoms with van der Waals surface area (Å²) in [6.45, 7) is 7.66. The molecule has 0 rings (SSSR count). The van der Waals surface area contributed by atoms with Crippen LogP contribution in [0.5, 0.6) is 0 Å². The maximum absolute atomic E-state index is 12.7. The van der Waals surface area contributed by atoms with E-state index >= 15 is 0 Å². The molecule has 0 aromatic heterocycles. The zero-order chi connectivity index (χ0) is 40.7. The molecule has 0 aromatic rings. The summed E-state index contributed by atoms with van der Waals surface area (Å²) in [6.07, 6.45) is 57.9. The normalized spacial score (nSPS) is 12.7. The third kappa shape index (κ3) is 44.3. The summed E-state index contributed by atoms with van der Waals surface area (Å²) in [5.74, 6) is -0.422. The average Bonchev–Trinajstić information content (AvgIpc) is 3.20. The quantitative estimate of drug-likeness (QED) is 0.0350. The lowest BCUT2D eigenvalue weighted by atomic mass is 10.1. The van der Waals surface area contributed by atoms with Crippen LogP contribution in [0.4, 0.5) is 0 Å². The number of allylic oxidation sites excluding steroid dienone is 10. The van der Waals surface area contributed by atoms with Gasteiger partial charge in [-0.1, -0.05) is 197 Å². The third-order valence-electron chi connectivity index (χ3n) is 10.0. The van der Waals surface area contributed by atoms with Crippen LogP contribution in [0.2, 0.25) is 0 Å². The van der Waals surface area contributed by atoms with Gasteiger partial charge in [-0.3, -0.25) is 9.59 Å². The van der Waals surface area contributed by atoms with E-state index < -0.39 is 6.10 Å². The molecule has 0 N–H and O–H groups in total. The summed E-state index contributed by atoms with van der Waals surface area (Å²) in [5.41, 5.74) is 0. The van der Waals surface area contributed by atoms with Gasteiger partial charge in [-0.15, -0.1) is 0 Å². The minimum Gasteiger partial charge on any atom is -0.462 e. The predicted molar refractivity (Wildman–Crippen MR) is 242 cm³/mol. The van der Waals surface area contributed by atoms with Crippen molar-refractivity contribution < 1.29 is 23.8 Å². The molecule has 0 aliphatic carbocycles. The maximum Gasteiger partial charge on any atom is 0.306 e. The molecular formula is C51H90O5. The van der Waals surface area contributed by atoms with E-state index in [-0.39, 0.29) is 25.2 Å². The van der Waals surface area contributed by atoms with Gasteiger partial charge in [-0.2, -0.15) is 0 Å². The van der Waals surface area contributed by atoms with Crippen LogP contribution in [0.25, 0.3) is 0 Å². The van der Waals surface area contributed by atoms with E-state index in [2.05, 4.69) is 81.5 Å². The number of carbonyl (C=O) groups is 2. The SMILES string of the molecule is CC/C=C\C/C=C\C/C=C\C/C=C\CCCCCCCCC(=O)OCC(COCCCCCCCCCCCC)OC(=O)CCCCCCC/C=C\CCCC. The van der Waals surface area contributed by atoms with Crippen LogP contribution in [0, 0.1) is 0 Å². The van der Waals surface area contributed by atoms with Crippen molar-refractivity contribution in [3.8, 4) is 0 Å². The first-order valence-electron chi connectivity index (χ1n) is 23.8. The van der Waals surface area contributed by atoms with Crippen LogP contribution in [0.15, 0.2) is 60.8 Å². The van der Waals surface area contributed by atoms with Gasteiger partial charge in [0.1, 0.15) is 6.61 Å². The zero-order valence-corrected chi connectivity index (χ0v) is 37.1. The molecular weight excluding hydrogens is 693 g/mol. The van der Waals surface area contributed by atoms with E-state index in [1.54, 1.807) is 0 Å². The van der Waals surface area contributed by atoms with Gasteiger partial charge in [0.05, 0.1) is 6.61 Å². The summed E-state index contributed by atoms with van der Waals surface area (Å²) >= 11 is 0. The second-order valence-electron chi connectivity index (χ2n) is 15.6. The van der Waals surface area contributed by atoms with Gasteiger partial charge in [-0.25, -0.2) is 0 Å². The number of rotatable bonds is 43. The molecule has 0 saturated heterocycles. The Hall–Kier alpha value is -2.40. The monoisotopic (exact) mass is 783 g/mol. The molecule has 0 spiro atoms. The fraction of sp³-hybridized carbons (Fsp3) is 0.765. The highest BCUT2D eigenvalue weighted by Gasteiger charge is 2.17. The Kier molecular flexibility index (Phi) is 45.0. The standard InChI is InChI=1S/C51H90O5/c1-4-7-10-13-16-19-22-23-24-25-26-27-28-29-31-32-35-38-41-44-50(52)55-48-49(47-54-46-43-40-37-34-21-18-15-12-9-6-3)56-51(53)45-42-39-36-33-30-20-17-14-11-8-5-2/h7,10,14,16-17,19,23-24,26-27,49H,4-6,8-9,11-13,15,18,20-22,25,28-48H2,1-3H3/b10-7-,17-14-,19-16-,24-23-,27-26-. The number of ether oxygens (including phenoxy) is 3. The number of unbranched alkanes of at least 4 members (excludes halogenated alkanes) is 22. The first-order chi connectivity index (χ1) is 27.6. The molecule has 1 unspecified atom stereocenters. The van der Waals surface area contributed by atoms with Crippen molar-refractivity contribution in [2.24, 2.45) is 0 Å². The van der Waals surface area contributed by atoms with Crippen LogP contribution < -0.4 is 0 Å². The lowest BCUT2D eigenvalue weighted by Crippen LogP contribution is -2.30. The Balaban J connectivity index is 4.22. The molecule has 0 aliphatic heterocycles. The molecule has 0 amide bonds. The lowest BCUT2D eigenvalue weighted by Gasteiger charge is -2.18. The molecule has 0 radical (unpaired) electrons. The van der Waals surface area contributed by atoms with Crippen molar-refractivity contribution >= 4 is 11.9 Å². The highest BCUT2D eigenvalue weighted by atomic mass is 16.6. The molecule has 0 aromatic carbocycles. The molecule has 0 heterocycles. The Labute approximate surface area is 347 Å². The van der Waals surface area contributed by atoms with E-state index in [9.17, 15) is 9.59 Å². The molecule has 5 heteroatoms. The first kappa shape index (κ1) is 53.6. The Bertz CT molecular complexity index is 977. The lowest BCUT2D eigenvalue weighted by molar-refractivity contribution is -0.163. The smallest absolute Gasteiger partial charge is 0.306 e. The summed E-state index contributed by atoms with van der Waals surface area (Å²) in [5, 5.41) is 0. The maximum atomic E-state index is 12.7. The molecule has 56 heavy (non-hydrogen) atoms. The molecule has 0 saturated carbocycles. The van der Waals surface area contributed by atoms with Gasteiger partial charge in [0.15, 0.2) is 6.10 Å². The molecule has 0 bridgehead atoms. The van der Waals surface area contributed by atoms with Gasteiger partial charge in [0.2, 0.25) is 0 Å². The number of esters is 2. The topological polar surface area (TPSA) is 61.8 Å². The molecule has 324 valence electrons. The van der Waals surface area contributed by atoms with Crippen LogP contribution >= 0.6 is 0 Å². The van der Waals surface area contributed by atoms with Crippen LogP contribution in [-0.4, -0.2) is 37.9 Å². The fourth-order valence-electron chi connectivity index (χ4n) is 6.48. The average molecular weight is 783 g/mol. The van der Waals surface area contributed by atoms with Gasteiger partial charge in [-0.05, 0) is 77.0 Å². The molecule has 0 aliphatic rings. The van der Waals surface area contributed by atoms with E-state index in [0.29, 0.717) is 19.4 Å². The van der Waals surface area contributed by atoms with Crippen LogP contribution in [0.1, 0.15) is 226 Å². The van der Waals surface area contributed by atoms with Crippen LogP contribution in [0.3, 0.4) is 0 Å². The summed E-state index contributed by atoms with van der Waals surface area (Å²) in [7, 11) is 0. The predicted octanol–water partition coefficient (Wildman–Crippen LogP) is 15.8. The van der Waals surface area contributed by atoms with Crippen LogP contribution in [-0.2, 0) is 23.8 Å². The van der Waals surface area contributed by atoms with Crippen molar-refractivity contribution in [2.45, 2.75) is 232 Å². The van der Waals surface area contributed by atoms with E-state index in [0.717, 1.165) is 89.9 Å². The van der Waals surface area contributed by atoms with Crippen molar-refractivity contribution in [3.63, 3.8) is 0 Å². The van der Waals surface area contributed by atoms with Gasteiger partial charge < -0.3 is 14.2 Å². The van der Waals surface area contributed by atoms with E-state index in [1.807, 2.05) is 0 Å². The number of hydrogen-bond acceptors (Lipinski definition) is 5. The zero-order valence-electron chi connectivity index (χ0n) is 37.1. The Morgan fingerprint density at radius 1 is 0.411 bits per heavy atom. The minimum atomic E-state index is -0.542. The second kappa shape index (κ2) is 47.0. The summed E-state index contributed by atoms with van der Waals surface area (Å²) in [6, 6.07) is 0. The summed E-state index contributed by atoms with van der Waals surface area (Å²) < 4.78 is 17.3. The fourth-order valence-corrected chi connectivity index (χ4v) is 6.48. The van der Waals surface area contributed by atoms with Crippen molar-refractivity contribution in [2.75, 3.05) is 19.8 Å². The van der Waals surface area contributed by atoms with Crippen molar-refractivity contribution in [1.82, 2.24) is 0 Å². The Morgan fingerprint density at radius 2 is 0.821 bits per heavy atom. The largest absolute Gasteiger partial charge is 0.462 e. The highest BCUT2D eigenvalue weighted by molar-refractivity contribution is 5.70. The van der Waals surface area contributed by atoms with Gasteiger partial charge in [0.25, 0.3) is 0 Å². The number of hydrogen-bond donors (Lipinski definition) is 0. The number of carbonyl (C=O) groups excluding carboxylic acids is 2. The molecule has 0 fully saturated rings. The van der Waals surface area contributed by atoms with Crippen molar-refractivity contribution in [3.05, 3.63) is 60.8 Å². The molecule has 1 atom stereocenters. The van der Waals surface area contributed by atoms with Gasteiger partial charge in [0, 0.05) is 19.4 Å². The first-order valence-corrected chi connectivity index (χ1v) is 23.8. The third-order valence-corrected chi connectivity index (χ3v) is 10.0. The van der Waals surface area contributed by atoms with E-state index in [1.165, 1.54) is 103 Å². The second-order valence-corrected chi connectivity index (χ2v) is 15.6. The Morgan fingerprint density at radius 3 is 1.36 bits per heavy atom. The van der Waals surface area contributed by atoms with Crippen molar-refractivity contribution in [1.29, 1.82) is 0 Å². The minimum absolute atomic E-state index is 0.0751. The summed E-state index contributed by atoms with van der Waals surface area (Å²) in [4.78, 5) is 25.2. The van der Waals surface area contributed by atoms with Gasteiger partial charge >= 0.3 is 11.9 Å². The van der Waals surface area contributed by atoms with E-state index in [4.69, 9.17) is 14.2 Å². The highest BCUT2D eigenvalue weighted by Crippen LogP contribution is 2.13.